The van der Waals surface area contributed by atoms with Gasteiger partial charge < -0.3 is 19.7 Å². The Morgan fingerprint density at radius 1 is 1.14 bits per heavy atom. The number of nitrogens with one attached hydrogen (secondary N) is 1. The minimum Gasteiger partial charge on any atom is -0.495 e. The van der Waals surface area contributed by atoms with Gasteiger partial charge in [-0.15, -0.1) is 11.3 Å². The summed E-state index contributed by atoms with van der Waals surface area (Å²) in [6, 6.07) is 9.70. The van der Waals surface area contributed by atoms with Gasteiger partial charge in [0.25, 0.3) is 0 Å². The molecule has 0 unspecified atom stereocenters. The van der Waals surface area contributed by atoms with Crippen LogP contribution in [0.5, 0.6) is 5.75 Å². The van der Waals surface area contributed by atoms with Crippen molar-refractivity contribution in [3.63, 3.8) is 0 Å². The number of amides is 1. The fraction of sp³-hybridized carbons (Fsp3) is 0.400. The van der Waals surface area contributed by atoms with Crippen molar-refractivity contribution in [2.24, 2.45) is 0 Å². The van der Waals surface area contributed by atoms with Crippen LogP contribution in [0.1, 0.15) is 15.2 Å². The Hall–Kier alpha value is -2.58. The van der Waals surface area contributed by atoms with Crippen molar-refractivity contribution in [2.45, 2.75) is 6.92 Å². The van der Waals surface area contributed by atoms with Crippen LogP contribution in [-0.2, 0) is 9.53 Å². The molecule has 1 aromatic carbocycles. The van der Waals surface area contributed by atoms with Crippen molar-refractivity contribution < 1.29 is 19.1 Å². The number of hydrogen-bond donors (Lipinski definition) is 1. The van der Waals surface area contributed by atoms with E-state index in [0.29, 0.717) is 10.6 Å². The first-order valence-corrected chi connectivity index (χ1v) is 9.92. The van der Waals surface area contributed by atoms with Crippen molar-refractivity contribution in [2.75, 3.05) is 57.2 Å². The fourth-order valence-corrected chi connectivity index (χ4v) is 4.19. The van der Waals surface area contributed by atoms with Crippen LogP contribution in [0.3, 0.4) is 0 Å². The smallest absolute Gasteiger partial charge is 0.340 e. The minimum absolute atomic E-state index is 0.127. The van der Waals surface area contributed by atoms with E-state index in [1.807, 2.05) is 25.1 Å². The molecule has 1 saturated heterocycles. The molecule has 8 heteroatoms. The first-order valence-electron chi connectivity index (χ1n) is 9.10. The molecule has 1 fully saturated rings. The highest BCUT2D eigenvalue weighted by Gasteiger charge is 2.22. The molecule has 2 aromatic rings. The van der Waals surface area contributed by atoms with Crippen LogP contribution < -0.4 is 15.0 Å². The number of anilines is 2. The number of carbonyl (C=O) groups is 2. The molecule has 0 atom stereocenters. The van der Waals surface area contributed by atoms with E-state index in [-0.39, 0.29) is 12.5 Å². The maximum absolute atomic E-state index is 12.5. The summed E-state index contributed by atoms with van der Waals surface area (Å²) in [4.78, 5) is 29.6. The zero-order valence-electron chi connectivity index (χ0n) is 16.4. The van der Waals surface area contributed by atoms with E-state index in [1.165, 1.54) is 18.4 Å². The van der Waals surface area contributed by atoms with E-state index in [0.717, 1.165) is 42.5 Å². The molecule has 0 spiro atoms. The summed E-state index contributed by atoms with van der Waals surface area (Å²) < 4.78 is 10.2. The number of nitrogens with zero attached hydrogens (tertiary/aromatic N) is 2. The van der Waals surface area contributed by atoms with Gasteiger partial charge in [0.15, 0.2) is 0 Å². The monoisotopic (exact) mass is 403 g/mol. The summed E-state index contributed by atoms with van der Waals surface area (Å²) in [6.07, 6.45) is 0. The normalized spacial score (nSPS) is 14.6. The summed E-state index contributed by atoms with van der Waals surface area (Å²) in [5.41, 5.74) is 1.48. The number of aryl methyl sites for hydroxylation is 1. The van der Waals surface area contributed by atoms with E-state index >= 15 is 0 Å². The molecule has 7 nitrogen and oxygen atoms in total. The van der Waals surface area contributed by atoms with E-state index in [2.05, 4.69) is 21.2 Å². The highest BCUT2D eigenvalue weighted by atomic mass is 32.1. The van der Waals surface area contributed by atoms with Gasteiger partial charge in [-0.2, -0.15) is 0 Å². The molecule has 3 rings (SSSR count). The summed E-state index contributed by atoms with van der Waals surface area (Å²) >= 11 is 1.38. The SMILES string of the molecule is COC(=O)c1cc(C)sc1NC(=O)CN1CCN(c2ccccc2OC)CC1. The van der Waals surface area contributed by atoms with Crippen LogP contribution in [0, 0.1) is 6.92 Å². The maximum atomic E-state index is 12.5. The third-order valence-corrected chi connectivity index (χ3v) is 5.64. The Morgan fingerprint density at radius 2 is 1.86 bits per heavy atom. The standard InChI is InChI=1S/C20H25N3O4S/c1-14-12-15(20(25)27-3)19(28-14)21-18(24)13-22-8-10-23(11-9-22)16-6-4-5-7-17(16)26-2/h4-7,12H,8-11,13H2,1-3H3,(H,21,24). The minimum atomic E-state index is -0.440. The first-order chi connectivity index (χ1) is 13.5. The number of piperazine rings is 1. The number of thiophene rings is 1. The van der Waals surface area contributed by atoms with Crippen molar-refractivity contribution in [1.82, 2.24) is 4.90 Å². The Balaban J connectivity index is 1.55. The Kier molecular flexibility index (Phi) is 6.53. The average Bonchev–Trinajstić information content (AvgIpc) is 3.07. The topological polar surface area (TPSA) is 71.1 Å². The number of methoxy groups -OCH3 is 2. The van der Waals surface area contributed by atoms with Crippen molar-refractivity contribution in [1.29, 1.82) is 0 Å². The number of para-hydroxylation sites is 2. The number of ether oxygens (including phenoxy) is 2. The van der Waals surface area contributed by atoms with Crippen LogP contribution in [0.25, 0.3) is 0 Å². The maximum Gasteiger partial charge on any atom is 0.340 e. The van der Waals surface area contributed by atoms with Crippen molar-refractivity contribution >= 4 is 33.9 Å². The molecule has 1 aromatic heterocycles. The van der Waals surface area contributed by atoms with Gasteiger partial charge in [-0.3, -0.25) is 9.69 Å². The number of hydrogen-bond acceptors (Lipinski definition) is 7. The second-order valence-corrected chi connectivity index (χ2v) is 7.83. The van der Waals surface area contributed by atoms with Gasteiger partial charge in [-0.05, 0) is 25.1 Å². The van der Waals surface area contributed by atoms with E-state index < -0.39 is 5.97 Å². The number of esters is 1. The van der Waals surface area contributed by atoms with Crippen LogP contribution >= 0.6 is 11.3 Å². The second-order valence-electron chi connectivity index (χ2n) is 6.57. The van der Waals surface area contributed by atoms with Gasteiger partial charge in [-0.25, -0.2) is 4.79 Å². The second kappa shape index (κ2) is 9.07. The van der Waals surface area contributed by atoms with Gasteiger partial charge in [0.05, 0.1) is 32.0 Å². The molecule has 1 aliphatic heterocycles. The van der Waals surface area contributed by atoms with Crippen LogP contribution in [0.4, 0.5) is 10.7 Å². The first kappa shape index (κ1) is 20.2. The van der Waals surface area contributed by atoms with Crippen molar-refractivity contribution in [3.8, 4) is 5.75 Å². The number of rotatable bonds is 6. The highest BCUT2D eigenvalue weighted by Crippen LogP contribution is 2.29. The van der Waals surface area contributed by atoms with Crippen LogP contribution in [0.2, 0.25) is 0 Å². The lowest BCUT2D eigenvalue weighted by atomic mass is 10.2. The van der Waals surface area contributed by atoms with Gasteiger partial charge in [0, 0.05) is 31.1 Å². The predicted molar refractivity (Wildman–Crippen MR) is 111 cm³/mol. The fourth-order valence-electron chi connectivity index (χ4n) is 3.28. The molecule has 0 saturated carbocycles. The molecular weight excluding hydrogens is 378 g/mol. The lowest BCUT2D eigenvalue weighted by Crippen LogP contribution is -2.48. The highest BCUT2D eigenvalue weighted by molar-refractivity contribution is 7.16. The largest absolute Gasteiger partial charge is 0.495 e. The lowest BCUT2D eigenvalue weighted by molar-refractivity contribution is -0.117. The molecule has 2 heterocycles. The van der Waals surface area contributed by atoms with Crippen LogP contribution in [0.15, 0.2) is 30.3 Å². The van der Waals surface area contributed by atoms with E-state index in [1.54, 1.807) is 13.2 Å². The summed E-state index contributed by atoms with van der Waals surface area (Å²) in [7, 11) is 3.01. The molecule has 1 N–H and O–H groups in total. The van der Waals surface area contributed by atoms with Gasteiger partial charge in [0.1, 0.15) is 10.8 Å². The number of benzene rings is 1. The Morgan fingerprint density at radius 3 is 2.54 bits per heavy atom. The summed E-state index contributed by atoms with van der Waals surface area (Å²) in [5, 5.41) is 3.40. The van der Waals surface area contributed by atoms with Crippen LogP contribution in [-0.4, -0.2) is 63.7 Å². The lowest BCUT2D eigenvalue weighted by Gasteiger charge is -2.36. The zero-order chi connectivity index (χ0) is 20.1. The molecule has 0 bridgehead atoms. The zero-order valence-corrected chi connectivity index (χ0v) is 17.2. The number of carbonyl (C=O) groups excluding carboxylic acids is 2. The molecule has 28 heavy (non-hydrogen) atoms. The average molecular weight is 404 g/mol. The van der Waals surface area contributed by atoms with E-state index in [4.69, 9.17) is 9.47 Å². The molecule has 0 aliphatic carbocycles. The van der Waals surface area contributed by atoms with Gasteiger partial charge in [-0.1, -0.05) is 12.1 Å². The third kappa shape index (κ3) is 4.63. The Bertz CT molecular complexity index is 844. The van der Waals surface area contributed by atoms with Crippen molar-refractivity contribution in [3.05, 3.63) is 40.8 Å². The summed E-state index contributed by atoms with van der Waals surface area (Å²) in [5.74, 6) is 0.292. The molecule has 1 aliphatic rings. The molecular formula is C20H25N3O4S. The third-order valence-electron chi connectivity index (χ3n) is 4.68. The molecule has 0 radical (unpaired) electrons. The van der Waals surface area contributed by atoms with E-state index in [9.17, 15) is 9.59 Å². The summed E-state index contributed by atoms with van der Waals surface area (Å²) in [6.45, 7) is 5.37. The molecule has 150 valence electrons. The predicted octanol–water partition coefficient (Wildman–Crippen LogP) is 2.61. The molecule has 1 amide bonds. The van der Waals surface area contributed by atoms with Gasteiger partial charge in [0.2, 0.25) is 5.91 Å². The van der Waals surface area contributed by atoms with Gasteiger partial charge >= 0.3 is 5.97 Å². The Labute approximate surface area is 168 Å². The quantitative estimate of drug-likeness (QED) is 0.748.